The van der Waals surface area contributed by atoms with Crippen molar-refractivity contribution < 1.29 is 0 Å². The molecule has 0 aliphatic carbocycles. The summed E-state index contributed by atoms with van der Waals surface area (Å²) in [6, 6.07) is 16.4. The lowest BCUT2D eigenvalue weighted by molar-refractivity contribution is 0.553. The van der Waals surface area contributed by atoms with Crippen LogP contribution in [0.1, 0.15) is 32.3 Å². The number of aryl methyl sites for hydroxylation is 1. The summed E-state index contributed by atoms with van der Waals surface area (Å²) in [5.74, 6) is 0.956. The van der Waals surface area contributed by atoms with Crippen LogP contribution in [0.15, 0.2) is 54.7 Å². The first-order valence-electron chi connectivity index (χ1n) is 8.81. The Morgan fingerprint density at radius 3 is 2.54 bits per heavy atom. The Morgan fingerprint density at radius 2 is 1.77 bits per heavy atom. The molecule has 4 aromatic rings. The van der Waals surface area contributed by atoms with Gasteiger partial charge < -0.3 is 4.98 Å². The third-order valence-electron chi connectivity index (χ3n) is 4.44. The summed E-state index contributed by atoms with van der Waals surface area (Å²) in [6.07, 6.45) is 1.82. The molecule has 130 valence electrons. The van der Waals surface area contributed by atoms with Crippen molar-refractivity contribution in [1.82, 2.24) is 19.9 Å². The number of nitrogens with zero attached hydrogens (tertiary/aromatic N) is 3. The molecule has 0 fully saturated rings. The summed E-state index contributed by atoms with van der Waals surface area (Å²) in [5, 5.41) is 1.11. The zero-order valence-corrected chi connectivity index (χ0v) is 15.5. The molecule has 4 nitrogen and oxygen atoms in total. The topological polar surface area (TPSA) is 54.5 Å². The number of fused-ring (bicyclic) bond motifs is 1. The van der Waals surface area contributed by atoms with E-state index in [2.05, 4.69) is 48.9 Å². The predicted molar refractivity (Wildman–Crippen MR) is 106 cm³/mol. The van der Waals surface area contributed by atoms with Crippen molar-refractivity contribution in [2.24, 2.45) is 0 Å². The molecule has 0 atom stereocenters. The van der Waals surface area contributed by atoms with E-state index < -0.39 is 0 Å². The average molecular weight is 342 g/mol. The lowest BCUT2D eigenvalue weighted by Gasteiger charge is -2.14. The summed E-state index contributed by atoms with van der Waals surface area (Å²) < 4.78 is 0. The van der Waals surface area contributed by atoms with Crippen LogP contribution < -0.4 is 0 Å². The molecule has 0 aliphatic rings. The van der Waals surface area contributed by atoms with Crippen LogP contribution >= 0.6 is 0 Å². The van der Waals surface area contributed by atoms with E-state index in [1.54, 1.807) is 0 Å². The molecule has 0 amide bonds. The van der Waals surface area contributed by atoms with Crippen molar-refractivity contribution in [3.63, 3.8) is 0 Å². The van der Waals surface area contributed by atoms with E-state index in [-0.39, 0.29) is 5.41 Å². The fraction of sp³-hybridized carbons (Fsp3) is 0.227. The molecule has 4 rings (SSSR count). The van der Waals surface area contributed by atoms with E-state index in [1.807, 2.05) is 43.5 Å². The number of benzene rings is 1. The quantitative estimate of drug-likeness (QED) is 0.538. The Hall–Kier alpha value is -3.01. The van der Waals surface area contributed by atoms with Crippen LogP contribution in [-0.4, -0.2) is 19.9 Å². The monoisotopic (exact) mass is 342 g/mol. The van der Waals surface area contributed by atoms with Crippen LogP contribution in [0.4, 0.5) is 0 Å². The van der Waals surface area contributed by atoms with Crippen LogP contribution in [0.5, 0.6) is 0 Å². The Balaban J connectivity index is 1.94. The highest BCUT2D eigenvalue weighted by Gasteiger charge is 2.23. The minimum atomic E-state index is -0.0742. The van der Waals surface area contributed by atoms with E-state index in [0.29, 0.717) is 0 Å². The van der Waals surface area contributed by atoms with Gasteiger partial charge >= 0.3 is 0 Å². The lowest BCUT2D eigenvalue weighted by atomic mass is 9.96. The van der Waals surface area contributed by atoms with Gasteiger partial charge in [-0.05, 0) is 37.3 Å². The van der Waals surface area contributed by atoms with Gasteiger partial charge in [0.1, 0.15) is 5.82 Å². The van der Waals surface area contributed by atoms with Crippen molar-refractivity contribution >= 4 is 10.9 Å². The first kappa shape index (κ1) is 16.5. The van der Waals surface area contributed by atoms with Crippen molar-refractivity contribution in [2.75, 3.05) is 0 Å². The molecule has 4 heteroatoms. The summed E-state index contributed by atoms with van der Waals surface area (Å²) in [4.78, 5) is 17.6. The van der Waals surface area contributed by atoms with Crippen LogP contribution in [0.25, 0.3) is 33.5 Å². The number of hydrogen-bond donors (Lipinski definition) is 1. The van der Waals surface area contributed by atoms with Crippen LogP contribution in [0, 0.1) is 6.92 Å². The minimum absolute atomic E-state index is 0.0742. The second-order valence-electron chi connectivity index (χ2n) is 7.63. The van der Waals surface area contributed by atoms with Gasteiger partial charge in [0.2, 0.25) is 0 Å². The van der Waals surface area contributed by atoms with Crippen molar-refractivity contribution in [1.29, 1.82) is 0 Å². The van der Waals surface area contributed by atoms with Gasteiger partial charge in [0.15, 0.2) is 0 Å². The van der Waals surface area contributed by atoms with Crippen molar-refractivity contribution in [3.05, 3.63) is 66.2 Å². The molecule has 0 aliphatic heterocycles. The number of imidazole rings is 1. The molecule has 3 heterocycles. The zero-order chi connectivity index (χ0) is 18.3. The van der Waals surface area contributed by atoms with E-state index in [0.717, 1.165) is 45.1 Å². The fourth-order valence-electron chi connectivity index (χ4n) is 3.03. The molecular formula is C22H22N4. The molecule has 0 spiro atoms. The molecule has 1 N–H and O–H groups in total. The third kappa shape index (κ3) is 2.99. The largest absolute Gasteiger partial charge is 0.340 e. The summed E-state index contributed by atoms with van der Waals surface area (Å²) in [5.41, 5.74) is 5.77. The van der Waals surface area contributed by atoms with Gasteiger partial charge in [0.05, 0.1) is 22.6 Å². The standard InChI is InChI=1S/C22H22N4/c1-14-7-5-9-18(24-14)20-19(25-21(26-20)22(2,3)4)16-10-11-17-15(13-16)8-6-12-23-17/h5-13H,1-4H3,(H,25,26). The number of pyridine rings is 2. The van der Waals surface area contributed by atoms with E-state index >= 15 is 0 Å². The van der Waals surface area contributed by atoms with E-state index in [4.69, 9.17) is 9.97 Å². The molecule has 26 heavy (non-hydrogen) atoms. The highest BCUT2D eigenvalue weighted by atomic mass is 15.0. The zero-order valence-electron chi connectivity index (χ0n) is 15.5. The minimum Gasteiger partial charge on any atom is -0.340 e. The SMILES string of the molecule is Cc1cccc(-c2[nH]c(C(C)(C)C)nc2-c2ccc3ncccc3c2)n1. The van der Waals surface area contributed by atoms with Crippen LogP contribution in [0.2, 0.25) is 0 Å². The number of aromatic amines is 1. The van der Waals surface area contributed by atoms with Crippen LogP contribution in [-0.2, 0) is 5.41 Å². The smallest absolute Gasteiger partial charge is 0.112 e. The Bertz CT molecular complexity index is 1090. The molecule has 0 saturated carbocycles. The Kier molecular flexibility index (Phi) is 3.83. The number of aromatic nitrogens is 4. The van der Waals surface area contributed by atoms with Gasteiger partial charge in [-0.3, -0.25) is 9.97 Å². The Labute approximate surface area is 153 Å². The Morgan fingerprint density at radius 1 is 0.923 bits per heavy atom. The van der Waals surface area contributed by atoms with E-state index in [9.17, 15) is 0 Å². The molecule has 0 radical (unpaired) electrons. The molecule has 3 aromatic heterocycles. The van der Waals surface area contributed by atoms with Gasteiger partial charge in [0, 0.05) is 28.3 Å². The fourth-order valence-corrected chi connectivity index (χ4v) is 3.03. The molecule has 0 saturated heterocycles. The first-order valence-corrected chi connectivity index (χ1v) is 8.81. The molecular weight excluding hydrogens is 320 g/mol. The summed E-state index contributed by atoms with van der Waals surface area (Å²) in [7, 11) is 0. The summed E-state index contributed by atoms with van der Waals surface area (Å²) >= 11 is 0. The van der Waals surface area contributed by atoms with Gasteiger partial charge in [-0.1, -0.05) is 39.0 Å². The highest BCUT2D eigenvalue weighted by Crippen LogP contribution is 2.33. The van der Waals surface area contributed by atoms with Gasteiger partial charge in [0.25, 0.3) is 0 Å². The number of rotatable bonds is 2. The maximum absolute atomic E-state index is 4.95. The van der Waals surface area contributed by atoms with Gasteiger partial charge in [-0.25, -0.2) is 4.98 Å². The second-order valence-corrected chi connectivity index (χ2v) is 7.63. The van der Waals surface area contributed by atoms with Gasteiger partial charge in [-0.15, -0.1) is 0 Å². The van der Waals surface area contributed by atoms with Crippen LogP contribution in [0.3, 0.4) is 0 Å². The number of nitrogens with one attached hydrogen (secondary N) is 1. The summed E-state index contributed by atoms with van der Waals surface area (Å²) in [6.45, 7) is 8.49. The third-order valence-corrected chi connectivity index (χ3v) is 4.44. The average Bonchev–Trinajstić information content (AvgIpc) is 3.07. The first-order chi connectivity index (χ1) is 12.4. The number of hydrogen-bond acceptors (Lipinski definition) is 3. The molecule has 0 unspecified atom stereocenters. The normalized spacial score (nSPS) is 11.8. The molecule has 0 bridgehead atoms. The maximum atomic E-state index is 4.95. The van der Waals surface area contributed by atoms with Crippen molar-refractivity contribution in [2.45, 2.75) is 33.1 Å². The lowest BCUT2D eigenvalue weighted by Crippen LogP contribution is -2.13. The highest BCUT2D eigenvalue weighted by molar-refractivity contribution is 5.86. The number of H-pyrrole nitrogens is 1. The van der Waals surface area contributed by atoms with Crippen molar-refractivity contribution in [3.8, 4) is 22.6 Å². The second kappa shape index (κ2) is 6.06. The molecule has 1 aromatic carbocycles. The van der Waals surface area contributed by atoms with Gasteiger partial charge in [-0.2, -0.15) is 0 Å². The van der Waals surface area contributed by atoms with E-state index in [1.165, 1.54) is 0 Å². The predicted octanol–water partition coefficient (Wildman–Crippen LogP) is 5.29. The maximum Gasteiger partial charge on any atom is 0.112 e.